The second-order valence-electron chi connectivity index (χ2n) is 6.21. The molecule has 3 aromatic rings. The third kappa shape index (κ3) is 2.69. The number of aryl methyl sites for hydroxylation is 1. The Labute approximate surface area is 140 Å². The van der Waals surface area contributed by atoms with Crippen LogP contribution in [0.25, 0.3) is 22.0 Å². The summed E-state index contributed by atoms with van der Waals surface area (Å²) in [5.74, 6) is 0.871. The van der Waals surface area contributed by atoms with Gasteiger partial charge in [0.25, 0.3) is 0 Å². The molecule has 0 atom stereocenters. The summed E-state index contributed by atoms with van der Waals surface area (Å²) >= 11 is 0. The first-order chi connectivity index (χ1) is 11.7. The van der Waals surface area contributed by atoms with Gasteiger partial charge in [-0.05, 0) is 18.6 Å². The summed E-state index contributed by atoms with van der Waals surface area (Å²) in [6.07, 6.45) is 0. The molecule has 0 aliphatic carbocycles. The number of nitrogens with zero attached hydrogens (tertiary/aromatic N) is 1. The molecule has 4 rings (SSSR count). The van der Waals surface area contributed by atoms with Crippen LogP contribution < -0.4 is 10.3 Å². The fourth-order valence-corrected chi connectivity index (χ4v) is 3.21. The average Bonchev–Trinajstić information content (AvgIpc) is 2.63. The summed E-state index contributed by atoms with van der Waals surface area (Å²) in [6.45, 7) is 5.06. The molecular weight excluding hydrogens is 300 g/mol. The van der Waals surface area contributed by atoms with Gasteiger partial charge in [-0.25, -0.2) is 0 Å². The van der Waals surface area contributed by atoms with Gasteiger partial charge in [0.05, 0.1) is 18.7 Å². The zero-order valence-corrected chi connectivity index (χ0v) is 13.7. The minimum absolute atomic E-state index is 0.0548. The van der Waals surface area contributed by atoms with Gasteiger partial charge in [0.1, 0.15) is 5.82 Å². The number of hydrogen-bond donors (Lipinski definition) is 1. The van der Waals surface area contributed by atoms with Crippen LogP contribution >= 0.6 is 0 Å². The summed E-state index contributed by atoms with van der Waals surface area (Å²) in [5, 5.41) is 0.727. The number of fused-ring (bicyclic) bond motifs is 1. The number of anilines is 1. The molecule has 1 fully saturated rings. The number of pyridine rings is 1. The zero-order valence-electron chi connectivity index (χ0n) is 13.7. The molecule has 0 spiro atoms. The highest BCUT2D eigenvalue weighted by molar-refractivity contribution is 5.94. The highest BCUT2D eigenvalue weighted by Crippen LogP contribution is 2.27. The van der Waals surface area contributed by atoms with E-state index in [9.17, 15) is 4.79 Å². The van der Waals surface area contributed by atoms with Crippen molar-refractivity contribution in [2.24, 2.45) is 0 Å². The van der Waals surface area contributed by atoms with Crippen LogP contribution in [0.1, 0.15) is 5.56 Å². The molecule has 2 aromatic carbocycles. The van der Waals surface area contributed by atoms with Crippen molar-refractivity contribution in [1.82, 2.24) is 4.98 Å². The lowest BCUT2D eigenvalue weighted by atomic mass is 10.0. The first kappa shape index (κ1) is 15.0. The molecule has 0 bridgehead atoms. The predicted octanol–water partition coefficient (Wildman–Crippen LogP) is 3.34. The van der Waals surface area contributed by atoms with Gasteiger partial charge in [-0.2, -0.15) is 0 Å². The Kier molecular flexibility index (Phi) is 3.82. The van der Waals surface area contributed by atoms with E-state index in [1.807, 2.05) is 12.1 Å². The molecule has 2 heterocycles. The summed E-state index contributed by atoms with van der Waals surface area (Å²) in [7, 11) is 0. The number of hydrogen-bond acceptors (Lipinski definition) is 3. The number of benzene rings is 2. The number of ether oxygens (including phenoxy) is 1. The number of rotatable bonds is 2. The Morgan fingerprint density at radius 3 is 2.54 bits per heavy atom. The Balaban J connectivity index is 1.89. The van der Waals surface area contributed by atoms with Gasteiger partial charge >= 0.3 is 0 Å². The molecule has 122 valence electrons. The van der Waals surface area contributed by atoms with Crippen molar-refractivity contribution < 1.29 is 4.74 Å². The van der Waals surface area contributed by atoms with Crippen molar-refractivity contribution in [2.75, 3.05) is 31.2 Å². The van der Waals surface area contributed by atoms with Crippen molar-refractivity contribution in [1.29, 1.82) is 0 Å². The molecule has 4 nitrogen and oxygen atoms in total. The summed E-state index contributed by atoms with van der Waals surface area (Å²) < 4.78 is 5.41. The summed E-state index contributed by atoms with van der Waals surface area (Å²) in [6, 6.07) is 16.0. The van der Waals surface area contributed by atoms with E-state index in [-0.39, 0.29) is 5.43 Å². The average molecular weight is 320 g/mol. The van der Waals surface area contributed by atoms with Crippen molar-refractivity contribution in [3.05, 3.63) is 64.3 Å². The monoisotopic (exact) mass is 320 g/mol. The first-order valence-corrected chi connectivity index (χ1v) is 8.28. The molecule has 1 aromatic heterocycles. The third-order valence-electron chi connectivity index (χ3n) is 4.57. The van der Waals surface area contributed by atoms with Crippen molar-refractivity contribution in [3.8, 4) is 11.1 Å². The van der Waals surface area contributed by atoms with E-state index >= 15 is 0 Å². The van der Waals surface area contributed by atoms with Crippen LogP contribution in [0.4, 0.5) is 5.82 Å². The second kappa shape index (κ2) is 6.13. The maximum absolute atomic E-state index is 12.6. The molecular formula is C20H20N2O2. The van der Waals surface area contributed by atoms with Crippen molar-refractivity contribution in [2.45, 2.75) is 6.92 Å². The maximum atomic E-state index is 12.6. The zero-order chi connectivity index (χ0) is 16.5. The minimum Gasteiger partial charge on any atom is -0.378 e. The van der Waals surface area contributed by atoms with Crippen molar-refractivity contribution >= 4 is 16.7 Å². The number of aromatic amines is 1. The van der Waals surface area contributed by atoms with Gasteiger partial charge < -0.3 is 14.6 Å². The van der Waals surface area contributed by atoms with Crippen LogP contribution in [0.3, 0.4) is 0 Å². The van der Waals surface area contributed by atoms with E-state index in [2.05, 4.69) is 47.1 Å². The van der Waals surface area contributed by atoms with Crippen LogP contribution in [-0.4, -0.2) is 31.3 Å². The van der Waals surface area contributed by atoms with Gasteiger partial charge in [0, 0.05) is 30.1 Å². The van der Waals surface area contributed by atoms with E-state index < -0.39 is 0 Å². The number of aromatic nitrogens is 1. The van der Waals surface area contributed by atoms with E-state index in [1.165, 1.54) is 5.56 Å². The summed E-state index contributed by atoms with van der Waals surface area (Å²) in [4.78, 5) is 18.3. The Morgan fingerprint density at radius 1 is 1.04 bits per heavy atom. The smallest absolute Gasteiger partial charge is 0.191 e. The SMILES string of the molecule is Cc1ccc(-c2cccc3c(=O)cc(N4CCOCC4)[nH]c23)cc1. The van der Waals surface area contributed by atoms with Gasteiger partial charge in [-0.15, -0.1) is 0 Å². The molecule has 0 unspecified atom stereocenters. The van der Waals surface area contributed by atoms with Gasteiger partial charge in [-0.3, -0.25) is 4.79 Å². The Bertz CT molecular complexity index is 923. The van der Waals surface area contributed by atoms with Crippen LogP contribution in [0.2, 0.25) is 0 Å². The second-order valence-corrected chi connectivity index (χ2v) is 6.21. The third-order valence-corrected chi connectivity index (χ3v) is 4.57. The normalized spacial score (nSPS) is 15.0. The van der Waals surface area contributed by atoms with Gasteiger partial charge in [0.15, 0.2) is 5.43 Å². The van der Waals surface area contributed by atoms with Crippen LogP contribution in [0.5, 0.6) is 0 Å². The minimum atomic E-state index is 0.0548. The van der Waals surface area contributed by atoms with Crippen LogP contribution in [-0.2, 0) is 4.74 Å². The number of para-hydroxylation sites is 1. The first-order valence-electron chi connectivity index (χ1n) is 8.28. The number of H-pyrrole nitrogens is 1. The lowest BCUT2D eigenvalue weighted by molar-refractivity contribution is 0.122. The fourth-order valence-electron chi connectivity index (χ4n) is 3.21. The van der Waals surface area contributed by atoms with E-state index in [4.69, 9.17) is 4.74 Å². The maximum Gasteiger partial charge on any atom is 0.191 e. The fraction of sp³-hybridized carbons (Fsp3) is 0.250. The highest BCUT2D eigenvalue weighted by Gasteiger charge is 2.15. The lowest BCUT2D eigenvalue weighted by Crippen LogP contribution is -2.37. The standard InChI is InChI=1S/C20H20N2O2/c1-14-5-7-15(8-6-14)16-3-2-4-17-18(23)13-19(21-20(16)17)22-9-11-24-12-10-22/h2-8,13H,9-12H2,1H3,(H,21,23). The molecule has 0 radical (unpaired) electrons. The van der Waals surface area contributed by atoms with E-state index in [1.54, 1.807) is 6.07 Å². The lowest BCUT2D eigenvalue weighted by Gasteiger charge is -2.28. The Morgan fingerprint density at radius 2 is 1.79 bits per heavy atom. The van der Waals surface area contributed by atoms with E-state index in [0.29, 0.717) is 13.2 Å². The van der Waals surface area contributed by atoms with Crippen LogP contribution in [0, 0.1) is 6.92 Å². The highest BCUT2D eigenvalue weighted by atomic mass is 16.5. The largest absolute Gasteiger partial charge is 0.378 e. The molecule has 1 aliphatic rings. The predicted molar refractivity (Wildman–Crippen MR) is 97.8 cm³/mol. The van der Waals surface area contributed by atoms with Gasteiger partial charge in [0.2, 0.25) is 0 Å². The number of morpholine rings is 1. The quantitative estimate of drug-likeness (QED) is 0.788. The molecule has 24 heavy (non-hydrogen) atoms. The molecule has 0 saturated carbocycles. The molecule has 0 amide bonds. The summed E-state index contributed by atoms with van der Waals surface area (Å²) in [5.41, 5.74) is 4.34. The number of nitrogens with one attached hydrogen (secondary N) is 1. The molecule has 1 saturated heterocycles. The van der Waals surface area contributed by atoms with Crippen molar-refractivity contribution in [3.63, 3.8) is 0 Å². The molecule has 4 heteroatoms. The topological polar surface area (TPSA) is 45.3 Å². The van der Waals surface area contributed by atoms with Gasteiger partial charge in [-0.1, -0.05) is 42.0 Å². The van der Waals surface area contributed by atoms with E-state index in [0.717, 1.165) is 40.9 Å². The molecule has 1 N–H and O–H groups in total. The Hall–Kier alpha value is -2.59. The van der Waals surface area contributed by atoms with Crippen LogP contribution in [0.15, 0.2) is 53.3 Å². The molecule has 1 aliphatic heterocycles.